The van der Waals surface area contributed by atoms with E-state index in [2.05, 4.69) is 5.32 Å². The average molecular weight is 602 g/mol. The van der Waals surface area contributed by atoms with E-state index in [1.165, 1.54) is 56.6 Å². The molecule has 0 aliphatic carbocycles. The van der Waals surface area contributed by atoms with Gasteiger partial charge < -0.3 is 24.4 Å². The molecule has 3 aromatic rings. The van der Waals surface area contributed by atoms with Crippen molar-refractivity contribution in [1.29, 1.82) is 0 Å². The highest BCUT2D eigenvalue weighted by atomic mass is 32.2. The lowest BCUT2D eigenvalue weighted by molar-refractivity contribution is -0.139. The Bertz CT molecular complexity index is 1480. The lowest BCUT2D eigenvalue weighted by atomic mass is 10.1. The molecule has 0 heterocycles. The monoisotopic (exact) mass is 601 g/mol. The Morgan fingerprint density at radius 1 is 0.857 bits per heavy atom. The molecule has 0 saturated carbocycles. The first-order chi connectivity index (χ1) is 19.9. The third-order valence-corrected chi connectivity index (χ3v) is 8.22. The molecular weight excluding hydrogens is 565 g/mol. The first-order valence-electron chi connectivity index (χ1n) is 13.1. The normalized spacial score (nSPS) is 11.9. The lowest BCUT2D eigenvalue weighted by Crippen LogP contribution is -2.52. The Morgan fingerprint density at radius 2 is 1.48 bits per heavy atom. The summed E-state index contributed by atoms with van der Waals surface area (Å²) in [6, 6.07) is 14.6. The van der Waals surface area contributed by atoms with Crippen LogP contribution in [0.5, 0.6) is 17.2 Å². The molecule has 226 valence electrons. The van der Waals surface area contributed by atoms with Crippen molar-refractivity contribution in [2.24, 2.45) is 0 Å². The van der Waals surface area contributed by atoms with Crippen molar-refractivity contribution in [1.82, 2.24) is 10.2 Å². The van der Waals surface area contributed by atoms with Gasteiger partial charge in [-0.2, -0.15) is 0 Å². The summed E-state index contributed by atoms with van der Waals surface area (Å²) in [5, 5.41) is 2.80. The van der Waals surface area contributed by atoms with Crippen LogP contribution in [-0.4, -0.2) is 65.1 Å². The van der Waals surface area contributed by atoms with Crippen molar-refractivity contribution in [3.05, 3.63) is 78.1 Å². The number of nitrogens with one attached hydrogen (secondary N) is 1. The summed E-state index contributed by atoms with van der Waals surface area (Å²) in [6.07, 6.45) is 0. The minimum Gasteiger partial charge on any atom is -0.497 e. The summed E-state index contributed by atoms with van der Waals surface area (Å²) in [6.45, 7) is 4.52. The Kier molecular flexibility index (Phi) is 10.8. The van der Waals surface area contributed by atoms with Gasteiger partial charge in [-0.3, -0.25) is 13.9 Å². The summed E-state index contributed by atoms with van der Waals surface area (Å²) >= 11 is 0. The van der Waals surface area contributed by atoms with Crippen molar-refractivity contribution < 1.29 is 36.6 Å². The van der Waals surface area contributed by atoms with Gasteiger partial charge in [-0.15, -0.1) is 0 Å². The number of halogens is 1. The van der Waals surface area contributed by atoms with E-state index in [0.29, 0.717) is 17.1 Å². The van der Waals surface area contributed by atoms with Crippen molar-refractivity contribution in [2.75, 3.05) is 32.2 Å². The molecule has 0 unspecified atom stereocenters. The zero-order chi connectivity index (χ0) is 31.0. The molecule has 0 aromatic heterocycles. The highest BCUT2D eigenvalue weighted by Crippen LogP contribution is 2.32. The second-order valence-electron chi connectivity index (χ2n) is 9.71. The quantitative estimate of drug-likeness (QED) is 0.315. The number of benzene rings is 3. The third-order valence-electron chi connectivity index (χ3n) is 6.45. The maximum Gasteiger partial charge on any atom is 0.264 e. The standard InChI is InChI=1S/C30H36FN3O7S/c1-20(2)32-30(36)21(3)33(18-22-7-13-25(39-4)14-8-22)29(35)19-34(24-11-9-23(31)10-12-24)42(37,38)26-15-16-27(40-5)28(17-26)41-6/h7-17,20-21H,18-19H2,1-6H3,(H,32,36)/t21-/m0/s1. The number of anilines is 1. The van der Waals surface area contributed by atoms with Gasteiger partial charge in [0, 0.05) is 18.7 Å². The fourth-order valence-corrected chi connectivity index (χ4v) is 5.59. The molecule has 10 nitrogen and oxygen atoms in total. The number of ether oxygens (including phenoxy) is 3. The topological polar surface area (TPSA) is 114 Å². The minimum atomic E-state index is -4.39. The maximum absolute atomic E-state index is 14.0. The number of hydrogen-bond donors (Lipinski definition) is 1. The van der Waals surface area contributed by atoms with E-state index in [9.17, 15) is 22.4 Å². The molecule has 0 saturated heterocycles. The van der Waals surface area contributed by atoms with E-state index < -0.39 is 40.2 Å². The largest absolute Gasteiger partial charge is 0.497 e. The van der Waals surface area contributed by atoms with Crippen LogP contribution in [0.4, 0.5) is 10.1 Å². The smallest absolute Gasteiger partial charge is 0.264 e. The van der Waals surface area contributed by atoms with E-state index in [0.717, 1.165) is 16.4 Å². The number of rotatable bonds is 13. The van der Waals surface area contributed by atoms with Gasteiger partial charge >= 0.3 is 0 Å². The first kappa shape index (κ1) is 32.2. The summed E-state index contributed by atoms with van der Waals surface area (Å²) in [4.78, 5) is 28.1. The van der Waals surface area contributed by atoms with Crippen LogP contribution in [0.1, 0.15) is 26.3 Å². The van der Waals surface area contributed by atoms with Gasteiger partial charge in [0.25, 0.3) is 10.0 Å². The Labute approximate surface area is 246 Å². The Balaban J connectivity index is 2.06. The van der Waals surface area contributed by atoms with Crippen LogP contribution in [0.3, 0.4) is 0 Å². The molecule has 0 aliphatic heterocycles. The van der Waals surface area contributed by atoms with Gasteiger partial charge in [-0.05, 0) is 74.9 Å². The fourth-order valence-electron chi connectivity index (χ4n) is 4.16. The van der Waals surface area contributed by atoms with Crippen LogP contribution in [-0.2, 0) is 26.2 Å². The van der Waals surface area contributed by atoms with E-state index >= 15 is 0 Å². The zero-order valence-electron chi connectivity index (χ0n) is 24.5. The predicted molar refractivity (Wildman–Crippen MR) is 157 cm³/mol. The van der Waals surface area contributed by atoms with Crippen molar-refractivity contribution in [2.45, 2.75) is 44.3 Å². The molecule has 42 heavy (non-hydrogen) atoms. The number of nitrogens with zero attached hydrogens (tertiary/aromatic N) is 2. The lowest BCUT2D eigenvalue weighted by Gasteiger charge is -2.32. The minimum absolute atomic E-state index is 0.0170. The van der Waals surface area contributed by atoms with E-state index in [1.54, 1.807) is 45.0 Å². The number of amides is 2. The maximum atomic E-state index is 14.0. The predicted octanol–water partition coefficient (Wildman–Crippen LogP) is 3.99. The Morgan fingerprint density at radius 3 is 2.02 bits per heavy atom. The van der Waals surface area contributed by atoms with Crippen LogP contribution < -0.4 is 23.8 Å². The highest BCUT2D eigenvalue weighted by Gasteiger charge is 2.33. The van der Waals surface area contributed by atoms with Gasteiger partial charge in [-0.25, -0.2) is 12.8 Å². The molecule has 12 heteroatoms. The second kappa shape index (κ2) is 14.0. The zero-order valence-corrected chi connectivity index (χ0v) is 25.3. The number of carbonyl (C=O) groups excluding carboxylic acids is 2. The Hall–Kier alpha value is -4.32. The van der Waals surface area contributed by atoms with Crippen LogP contribution in [0.15, 0.2) is 71.6 Å². The van der Waals surface area contributed by atoms with Crippen molar-refractivity contribution in [3.63, 3.8) is 0 Å². The summed E-state index contributed by atoms with van der Waals surface area (Å²) in [5.74, 6) is -0.520. The summed E-state index contributed by atoms with van der Waals surface area (Å²) in [7, 11) is -0.0641. The molecule has 1 N–H and O–H groups in total. The number of hydrogen-bond acceptors (Lipinski definition) is 7. The average Bonchev–Trinajstić information content (AvgIpc) is 2.98. The van der Waals surface area contributed by atoms with Crippen molar-refractivity contribution >= 4 is 27.5 Å². The van der Waals surface area contributed by atoms with Gasteiger partial charge in [0.1, 0.15) is 24.2 Å². The van der Waals surface area contributed by atoms with Crippen LogP contribution in [0.2, 0.25) is 0 Å². The molecule has 0 bridgehead atoms. The van der Waals surface area contributed by atoms with Crippen molar-refractivity contribution in [3.8, 4) is 17.2 Å². The number of sulfonamides is 1. The van der Waals surface area contributed by atoms with E-state index in [1.807, 2.05) is 0 Å². The van der Waals surface area contributed by atoms with Crippen LogP contribution in [0.25, 0.3) is 0 Å². The molecule has 1 atom stereocenters. The first-order valence-corrected chi connectivity index (χ1v) is 14.6. The fraction of sp³-hybridized carbons (Fsp3) is 0.333. The van der Waals surface area contributed by atoms with E-state index in [4.69, 9.17) is 14.2 Å². The van der Waals surface area contributed by atoms with Gasteiger partial charge in [0.05, 0.1) is 31.9 Å². The van der Waals surface area contributed by atoms with Gasteiger partial charge in [0.15, 0.2) is 11.5 Å². The second-order valence-corrected chi connectivity index (χ2v) is 11.6. The number of methoxy groups -OCH3 is 3. The summed E-state index contributed by atoms with van der Waals surface area (Å²) < 4.78 is 58.4. The SMILES string of the molecule is COc1ccc(CN(C(=O)CN(c2ccc(F)cc2)S(=O)(=O)c2ccc(OC)c(OC)c2)[C@@H](C)C(=O)NC(C)C)cc1. The van der Waals surface area contributed by atoms with Crippen LogP contribution >= 0.6 is 0 Å². The molecule has 0 aliphatic rings. The van der Waals surface area contributed by atoms with Gasteiger partial charge in [0.2, 0.25) is 11.8 Å². The molecule has 0 spiro atoms. The molecule has 3 aromatic carbocycles. The molecule has 0 fully saturated rings. The highest BCUT2D eigenvalue weighted by molar-refractivity contribution is 7.92. The molecule has 2 amide bonds. The number of carbonyl (C=O) groups is 2. The molecule has 0 radical (unpaired) electrons. The van der Waals surface area contributed by atoms with Gasteiger partial charge in [-0.1, -0.05) is 12.1 Å². The summed E-state index contributed by atoms with van der Waals surface area (Å²) in [5.41, 5.74) is 0.757. The molecular formula is C30H36FN3O7S. The van der Waals surface area contributed by atoms with Crippen LogP contribution in [0, 0.1) is 5.82 Å². The third kappa shape index (κ3) is 7.69. The molecule has 3 rings (SSSR count). The van der Waals surface area contributed by atoms with E-state index in [-0.39, 0.29) is 28.9 Å².